The van der Waals surface area contributed by atoms with Crippen molar-refractivity contribution in [3.05, 3.63) is 47.1 Å². The van der Waals surface area contributed by atoms with Crippen LogP contribution in [0.4, 0.5) is 5.13 Å². The molecule has 7 heteroatoms. The number of hydrogen-bond donors (Lipinski definition) is 3. The summed E-state index contributed by atoms with van der Waals surface area (Å²) in [7, 11) is 0. The summed E-state index contributed by atoms with van der Waals surface area (Å²) in [5, 5.41) is 15.4. The molecule has 0 aliphatic heterocycles. The van der Waals surface area contributed by atoms with E-state index in [1.807, 2.05) is 24.4 Å². The van der Waals surface area contributed by atoms with Crippen molar-refractivity contribution in [1.82, 2.24) is 9.97 Å². The molecule has 0 spiro atoms. The molecule has 3 rings (SSSR count). The normalized spacial score (nSPS) is 10.3. The first-order valence-corrected chi connectivity index (χ1v) is 7.09. The number of carboxylic acid groups (broad SMARTS) is 1. The van der Waals surface area contributed by atoms with Gasteiger partial charge in [-0.05, 0) is 18.1 Å². The van der Waals surface area contributed by atoms with Gasteiger partial charge < -0.3 is 15.4 Å². The molecule has 2 heterocycles. The van der Waals surface area contributed by atoms with Gasteiger partial charge in [0.05, 0.1) is 0 Å². The largest absolute Gasteiger partial charge is 0.476 e. The number of nitrogens with one attached hydrogen (secondary N) is 2. The molecule has 110 valence electrons. The topological polar surface area (TPSA) is 78.0 Å². The summed E-state index contributed by atoms with van der Waals surface area (Å²) in [6, 6.07) is 8.16. The molecule has 21 heavy (non-hydrogen) atoms. The van der Waals surface area contributed by atoms with Gasteiger partial charge in [0.15, 0.2) is 10.8 Å². The summed E-state index contributed by atoms with van der Waals surface area (Å²) in [6.07, 6.45) is 2.86. The summed E-state index contributed by atoms with van der Waals surface area (Å²) < 4.78 is 0. The van der Waals surface area contributed by atoms with Crippen LogP contribution in [0.2, 0.25) is 0 Å². The number of halogens is 1. The Hall–Kier alpha value is -1.86. The fourth-order valence-corrected chi connectivity index (χ4v) is 2.81. The third-order valence-electron chi connectivity index (χ3n) is 3.07. The van der Waals surface area contributed by atoms with Crippen LogP contribution >= 0.6 is 28.3 Å². The number of para-hydroxylation sites is 1. The highest BCUT2D eigenvalue weighted by Crippen LogP contribution is 2.19. The van der Waals surface area contributed by atoms with E-state index < -0.39 is 5.97 Å². The van der Waals surface area contributed by atoms with Gasteiger partial charge in [0, 0.05) is 29.0 Å². The summed E-state index contributed by atoms with van der Waals surface area (Å²) in [6.45, 7) is 0.717. The first-order valence-electron chi connectivity index (χ1n) is 6.22. The lowest BCUT2D eigenvalue weighted by Crippen LogP contribution is -2.05. The van der Waals surface area contributed by atoms with Crippen molar-refractivity contribution in [3.63, 3.8) is 0 Å². The van der Waals surface area contributed by atoms with Crippen LogP contribution in [0.3, 0.4) is 0 Å². The van der Waals surface area contributed by atoms with Gasteiger partial charge in [-0.3, -0.25) is 0 Å². The van der Waals surface area contributed by atoms with E-state index in [-0.39, 0.29) is 22.7 Å². The molecule has 3 aromatic rings. The van der Waals surface area contributed by atoms with E-state index >= 15 is 0 Å². The zero-order valence-corrected chi connectivity index (χ0v) is 13.5. The van der Waals surface area contributed by atoms with Crippen LogP contribution in [0, 0.1) is 0 Å². The number of aromatic amines is 1. The molecular weight excluding hydrogens is 354 g/mol. The van der Waals surface area contributed by atoms with E-state index in [0.29, 0.717) is 11.7 Å². The average Bonchev–Trinajstić information content (AvgIpc) is 3.06. The van der Waals surface area contributed by atoms with E-state index in [4.69, 9.17) is 5.11 Å². The smallest absolute Gasteiger partial charge is 0.355 e. The van der Waals surface area contributed by atoms with Gasteiger partial charge in [-0.25, -0.2) is 9.78 Å². The molecule has 0 saturated heterocycles. The van der Waals surface area contributed by atoms with Gasteiger partial charge in [0.1, 0.15) is 0 Å². The lowest BCUT2D eigenvalue weighted by atomic mass is 10.1. The minimum atomic E-state index is -0.995. The van der Waals surface area contributed by atoms with Crippen molar-refractivity contribution >= 4 is 50.3 Å². The minimum Gasteiger partial charge on any atom is -0.476 e. The predicted molar refractivity (Wildman–Crippen MR) is 89.9 cm³/mol. The molecule has 5 nitrogen and oxygen atoms in total. The molecule has 0 saturated carbocycles. The fourth-order valence-electron chi connectivity index (χ4n) is 2.10. The highest BCUT2D eigenvalue weighted by atomic mass is 79.9. The van der Waals surface area contributed by atoms with Gasteiger partial charge >= 0.3 is 5.97 Å². The first-order chi connectivity index (χ1) is 9.74. The van der Waals surface area contributed by atoms with Crippen LogP contribution in [0.5, 0.6) is 0 Å². The summed E-state index contributed by atoms with van der Waals surface area (Å²) in [5.41, 5.74) is 2.46. The molecule has 0 atom stereocenters. The molecule has 0 bridgehead atoms. The molecule has 1 aromatic carbocycles. The number of aromatic nitrogens is 2. The van der Waals surface area contributed by atoms with E-state index in [2.05, 4.69) is 21.4 Å². The second-order valence-corrected chi connectivity index (χ2v) is 5.24. The Morgan fingerprint density at radius 3 is 2.95 bits per heavy atom. The molecule has 0 aliphatic carbocycles. The average molecular weight is 368 g/mol. The summed E-state index contributed by atoms with van der Waals surface area (Å²) in [4.78, 5) is 18.0. The Bertz CT molecular complexity index is 753. The lowest BCUT2D eigenvalue weighted by molar-refractivity contribution is 0.0691. The monoisotopic (exact) mass is 367 g/mol. The number of H-pyrrole nitrogens is 1. The van der Waals surface area contributed by atoms with Crippen LogP contribution in [0.25, 0.3) is 10.9 Å². The minimum absolute atomic E-state index is 0. The summed E-state index contributed by atoms with van der Waals surface area (Å²) >= 11 is 1.31. The predicted octanol–water partition coefficient (Wildman–Crippen LogP) is 3.56. The Balaban J connectivity index is 0.00000161. The Morgan fingerprint density at radius 2 is 2.19 bits per heavy atom. The third-order valence-corrected chi connectivity index (χ3v) is 3.87. The van der Waals surface area contributed by atoms with Crippen molar-refractivity contribution in [1.29, 1.82) is 0 Å². The fraction of sp³-hybridized carbons (Fsp3) is 0.143. The number of aromatic carboxylic acids is 1. The Kier molecular flexibility index (Phi) is 4.98. The van der Waals surface area contributed by atoms with E-state index in [0.717, 1.165) is 11.9 Å². The summed E-state index contributed by atoms with van der Waals surface area (Å²) in [5.74, 6) is -0.995. The highest BCUT2D eigenvalue weighted by Gasteiger charge is 2.08. The third kappa shape index (κ3) is 3.43. The standard InChI is InChI=1S/C14H13N3O2S.BrH/c18-13(19)12-8-20-14(17-12)15-6-5-9-7-16-11-4-2-1-3-10(9)11;/h1-4,7-8,16H,5-6H2,(H,15,17)(H,18,19);1H. The molecule has 3 N–H and O–H groups in total. The molecule has 0 fully saturated rings. The molecule has 0 unspecified atom stereocenters. The Morgan fingerprint density at radius 1 is 1.38 bits per heavy atom. The van der Waals surface area contributed by atoms with E-state index in [9.17, 15) is 4.79 Å². The lowest BCUT2D eigenvalue weighted by Gasteiger charge is -2.01. The highest BCUT2D eigenvalue weighted by molar-refractivity contribution is 8.93. The first kappa shape index (κ1) is 15.5. The second-order valence-electron chi connectivity index (χ2n) is 4.38. The van der Waals surface area contributed by atoms with Gasteiger partial charge in [0.2, 0.25) is 0 Å². The number of fused-ring (bicyclic) bond motifs is 1. The van der Waals surface area contributed by atoms with Crippen molar-refractivity contribution in [2.45, 2.75) is 6.42 Å². The van der Waals surface area contributed by atoms with Gasteiger partial charge in [0.25, 0.3) is 0 Å². The number of anilines is 1. The number of benzene rings is 1. The van der Waals surface area contributed by atoms with Crippen molar-refractivity contribution < 1.29 is 9.90 Å². The van der Waals surface area contributed by atoms with E-state index in [1.165, 1.54) is 27.7 Å². The van der Waals surface area contributed by atoms with Crippen LogP contribution in [0.1, 0.15) is 16.1 Å². The van der Waals surface area contributed by atoms with Crippen molar-refractivity contribution in [2.24, 2.45) is 0 Å². The maximum absolute atomic E-state index is 10.7. The van der Waals surface area contributed by atoms with E-state index in [1.54, 1.807) is 0 Å². The number of rotatable bonds is 5. The maximum atomic E-state index is 10.7. The second kappa shape index (κ2) is 6.73. The van der Waals surface area contributed by atoms with Crippen molar-refractivity contribution in [3.8, 4) is 0 Å². The van der Waals surface area contributed by atoms with Crippen LogP contribution in [-0.4, -0.2) is 27.6 Å². The number of nitrogens with zero attached hydrogens (tertiary/aromatic N) is 1. The molecule has 0 radical (unpaired) electrons. The zero-order valence-electron chi connectivity index (χ0n) is 11.0. The molecule has 0 aliphatic rings. The molecular formula is C14H14BrN3O2S. The molecule has 2 aromatic heterocycles. The zero-order chi connectivity index (χ0) is 13.9. The Labute approximate surface area is 135 Å². The van der Waals surface area contributed by atoms with Crippen LogP contribution in [0.15, 0.2) is 35.8 Å². The number of carbonyl (C=O) groups is 1. The van der Waals surface area contributed by atoms with Crippen molar-refractivity contribution in [2.75, 3.05) is 11.9 Å². The molecule has 0 amide bonds. The number of thiazole rings is 1. The van der Waals surface area contributed by atoms with Gasteiger partial charge in [-0.15, -0.1) is 28.3 Å². The number of carboxylic acids is 1. The SMILES string of the molecule is Br.O=C(O)c1csc(NCCc2c[nH]c3ccccc23)n1. The quantitative estimate of drug-likeness (QED) is 0.644. The van der Waals surface area contributed by atoms with Crippen LogP contribution < -0.4 is 5.32 Å². The van der Waals surface area contributed by atoms with Gasteiger partial charge in [-0.2, -0.15) is 0 Å². The van der Waals surface area contributed by atoms with Crippen LogP contribution in [-0.2, 0) is 6.42 Å². The maximum Gasteiger partial charge on any atom is 0.355 e. The number of hydrogen-bond acceptors (Lipinski definition) is 4. The van der Waals surface area contributed by atoms with Gasteiger partial charge in [-0.1, -0.05) is 18.2 Å².